The van der Waals surface area contributed by atoms with Crippen LogP contribution in [-0.4, -0.2) is 51.0 Å². The van der Waals surface area contributed by atoms with Crippen LogP contribution in [0.5, 0.6) is 17.2 Å². The summed E-state index contributed by atoms with van der Waals surface area (Å²) in [5.74, 6) is -0.880. The van der Waals surface area contributed by atoms with Crippen LogP contribution in [0.1, 0.15) is 34.8 Å². The highest BCUT2D eigenvalue weighted by Crippen LogP contribution is 2.45. The Balaban J connectivity index is 2.69. The molecule has 0 aliphatic carbocycles. The zero-order valence-corrected chi connectivity index (χ0v) is 19.3. The lowest BCUT2D eigenvalue weighted by Gasteiger charge is -2.36. The normalized spacial score (nSPS) is 12.5. The second-order valence-electron chi connectivity index (χ2n) is 6.93. The summed E-state index contributed by atoms with van der Waals surface area (Å²) < 4.78 is 21.2. The van der Waals surface area contributed by atoms with Gasteiger partial charge in [0.1, 0.15) is 0 Å². The quantitative estimate of drug-likeness (QED) is 0.362. The summed E-state index contributed by atoms with van der Waals surface area (Å²) in [6, 6.07) is 10.6. The van der Waals surface area contributed by atoms with E-state index in [2.05, 4.69) is 5.32 Å². The number of carboxylic acids is 1. The van der Waals surface area contributed by atoms with Gasteiger partial charge in [-0.25, -0.2) is 4.79 Å². The number of alkyl halides is 1. The summed E-state index contributed by atoms with van der Waals surface area (Å²) in [5, 5.41) is 13.2. The summed E-state index contributed by atoms with van der Waals surface area (Å²) in [4.78, 5) is 24.2. The van der Waals surface area contributed by atoms with Crippen LogP contribution in [-0.2, 0) is 21.5 Å². The van der Waals surface area contributed by atoms with Gasteiger partial charge in [-0.1, -0.05) is 48.9 Å². The van der Waals surface area contributed by atoms with E-state index < -0.39 is 17.5 Å². The molecule has 8 nitrogen and oxygen atoms in total. The first kappa shape index (κ1) is 25.3. The van der Waals surface area contributed by atoms with Gasteiger partial charge in [-0.2, -0.15) is 0 Å². The lowest BCUT2D eigenvalue weighted by Crippen LogP contribution is -2.46. The Morgan fingerprint density at radius 2 is 1.72 bits per heavy atom. The van der Waals surface area contributed by atoms with Crippen LogP contribution in [0.2, 0.25) is 0 Å². The molecule has 0 saturated carbocycles. The van der Waals surface area contributed by atoms with E-state index in [-0.39, 0.29) is 41.8 Å². The molecule has 1 atom stereocenters. The monoisotopic (exact) mass is 465 g/mol. The first-order valence-electron chi connectivity index (χ1n) is 9.94. The minimum atomic E-state index is -1.14. The van der Waals surface area contributed by atoms with E-state index in [4.69, 9.17) is 30.5 Å². The van der Waals surface area contributed by atoms with Gasteiger partial charge in [0.05, 0.1) is 33.4 Å². The Labute approximate surface area is 192 Å². The molecule has 0 spiro atoms. The van der Waals surface area contributed by atoms with Crippen molar-refractivity contribution in [2.45, 2.75) is 25.3 Å². The lowest BCUT2D eigenvalue weighted by molar-refractivity contribution is -0.141. The Kier molecular flexibility index (Phi) is 9.16. The number of halogens is 1. The van der Waals surface area contributed by atoms with Gasteiger partial charge in [0, 0.05) is 11.1 Å². The van der Waals surface area contributed by atoms with Crippen molar-refractivity contribution in [1.82, 2.24) is 5.32 Å². The number of methoxy groups -OCH3 is 3. The van der Waals surface area contributed by atoms with Crippen LogP contribution in [0.3, 0.4) is 0 Å². The number of esters is 1. The molecule has 0 radical (unpaired) electrons. The van der Waals surface area contributed by atoms with E-state index in [9.17, 15) is 14.7 Å². The average molecular weight is 466 g/mol. The van der Waals surface area contributed by atoms with E-state index in [1.54, 1.807) is 0 Å². The highest BCUT2D eigenvalue weighted by Gasteiger charge is 2.35. The van der Waals surface area contributed by atoms with Crippen molar-refractivity contribution in [3.8, 4) is 17.2 Å². The van der Waals surface area contributed by atoms with E-state index in [0.29, 0.717) is 12.0 Å². The van der Waals surface area contributed by atoms with Gasteiger partial charge in [0.15, 0.2) is 17.6 Å². The minimum Gasteiger partial charge on any atom is -0.493 e. The van der Waals surface area contributed by atoms with Crippen LogP contribution in [0.4, 0.5) is 0 Å². The van der Waals surface area contributed by atoms with Crippen molar-refractivity contribution in [3.63, 3.8) is 0 Å². The van der Waals surface area contributed by atoms with Gasteiger partial charge in [0.2, 0.25) is 5.75 Å². The molecule has 2 aromatic rings. The molecule has 0 aromatic heterocycles. The number of hydrogen-bond donors (Lipinski definition) is 2. The number of carbonyl (C=O) groups excluding carboxylic acids is 1. The van der Waals surface area contributed by atoms with Crippen molar-refractivity contribution in [1.29, 1.82) is 0 Å². The predicted octanol–water partition coefficient (Wildman–Crippen LogP) is 3.59. The third-order valence-electron chi connectivity index (χ3n) is 5.36. The Hall–Kier alpha value is -2.97. The number of aromatic carboxylic acids is 1. The summed E-state index contributed by atoms with van der Waals surface area (Å²) in [6.45, 7) is 1.83. The Morgan fingerprint density at radius 3 is 2.22 bits per heavy atom. The second-order valence-corrected chi connectivity index (χ2v) is 7.15. The van der Waals surface area contributed by atoms with E-state index in [1.165, 1.54) is 27.4 Å². The fraction of sp³-hybridized carbons (Fsp3) is 0.391. The molecule has 2 N–H and O–H groups in total. The molecule has 0 bridgehead atoms. The maximum Gasteiger partial charge on any atom is 0.336 e. The van der Waals surface area contributed by atoms with Crippen LogP contribution in [0.25, 0.3) is 0 Å². The minimum absolute atomic E-state index is 0.0124. The fourth-order valence-electron chi connectivity index (χ4n) is 3.72. The average Bonchev–Trinajstić information content (AvgIpc) is 2.81. The summed E-state index contributed by atoms with van der Waals surface area (Å²) in [7, 11) is 4.32. The number of nitrogens with one attached hydrogen (secondary N) is 1. The SMILES string of the molecule is CC[C@@](Cc1c(C(=O)O)cc(OC)c(OC)c1OC)(NCC(=O)OCCl)c1ccccc1. The van der Waals surface area contributed by atoms with Crippen molar-refractivity contribution in [2.24, 2.45) is 0 Å². The third kappa shape index (κ3) is 5.44. The number of carbonyl (C=O) groups is 2. The molecule has 32 heavy (non-hydrogen) atoms. The van der Waals surface area contributed by atoms with Crippen molar-refractivity contribution in [3.05, 3.63) is 53.1 Å². The predicted molar refractivity (Wildman–Crippen MR) is 120 cm³/mol. The second kappa shape index (κ2) is 11.6. The maximum absolute atomic E-state index is 12.2. The highest BCUT2D eigenvalue weighted by atomic mass is 35.5. The zero-order valence-electron chi connectivity index (χ0n) is 18.6. The molecule has 0 aliphatic rings. The third-order valence-corrected chi connectivity index (χ3v) is 5.47. The first-order chi connectivity index (χ1) is 15.4. The highest BCUT2D eigenvalue weighted by molar-refractivity contribution is 6.17. The van der Waals surface area contributed by atoms with Gasteiger partial charge in [-0.15, -0.1) is 0 Å². The van der Waals surface area contributed by atoms with E-state index >= 15 is 0 Å². The molecule has 174 valence electrons. The number of benzene rings is 2. The van der Waals surface area contributed by atoms with Gasteiger partial charge in [-0.3, -0.25) is 10.1 Å². The van der Waals surface area contributed by atoms with E-state index in [0.717, 1.165) is 5.56 Å². The topological polar surface area (TPSA) is 103 Å². The van der Waals surface area contributed by atoms with Gasteiger partial charge >= 0.3 is 11.9 Å². The molecule has 0 amide bonds. The Morgan fingerprint density at radius 1 is 1.06 bits per heavy atom. The maximum atomic E-state index is 12.2. The molecular weight excluding hydrogens is 438 g/mol. The molecule has 9 heteroatoms. The molecular formula is C23H28ClNO7. The van der Waals surface area contributed by atoms with E-state index in [1.807, 2.05) is 37.3 Å². The van der Waals surface area contributed by atoms with Crippen LogP contribution < -0.4 is 19.5 Å². The lowest BCUT2D eigenvalue weighted by atomic mass is 9.80. The van der Waals surface area contributed by atoms with Crippen LogP contribution >= 0.6 is 11.6 Å². The van der Waals surface area contributed by atoms with Crippen molar-refractivity contribution in [2.75, 3.05) is 33.9 Å². The molecule has 0 fully saturated rings. The molecule has 2 aromatic carbocycles. The van der Waals surface area contributed by atoms with Gasteiger partial charge < -0.3 is 24.1 Å². The van der Waals surface area contributed by atoms with Gasteiger partial charge in [-0.05, 0) is 24.5 Å². The van der Waals surface area contributed by atoms with Crippen LogP contribution in [0.15, 0.2) is 36.4 Å². The fourth-order valence-corrected chi connectivity index (χ4v) is 3.84. The molecule has 0 heterocycles. The Bertz CT molecular complexity index is 936. The summed E-state index contributed by atoms with van der Waals surface area (Å²) in [6.07, 6.45) is 0.717. The number of rotatable bonds is 12. The van der Waals surface area contributed by atoms with Crippen molar-refractivity contribution >= 4 is 23.5 Å². The zero-order chi connectivity index (χ0) is 23.7. The van der Waals surface area contributed by atoms with Gasteiger partial charge in [0.25, 0.3) is 0 Å². The first-order valence-corrected chi connectivity index (χ1v) is 10.5. The summed E-state index contributed by atoms with van der Waals surface area (Å²) in [5.41, 5.74) is 0.471. The molecule has 0 unspecified atom stereocenters. The molecule has 2 rings (SSSR count). The van der Waals surface area contributed by atoms with Crippen molar-refractivity contribution < 1.29 is 33.6 Å². The molecule has 0 aliphatic heterocycles. The largest absolute Gasteiger partial charge is 0.493 e. The standard InChI is InChI=1S/C23H28ClNO7/c1-5-23(15-9-7-6-8-10-15,25-13-19(26)32-14-24)12-17-16(22(27)28)11-18(29-2)21(31-4)20(17)30-3/h6-11,25H,5,12-14H2,1-4H3,(H,27,28)/t23-/m0/s1. The number of ether oxygens (including phenoxy) is 4. The summed E-state index contributed by atoms with van der Waals surface area (Å²) >= 11 is 5.51. The van der Waals surface area contributed by atoms with Crippen LogP contribution in [0, 0.1) is 0 Å². The number of carboxylic acid groups (broad SMARTS) is 1. The number of hydrogen-bond acceptors (Lipinski definition) is 7. The molecule has 0 saturated heterocycles. The smallest absolute Gasteiger partial charge is 0.336 e.